The van der Waals surface area contributed by atoms with Gasteiger partial charge in [0.05, 0.1) is 11.3 Å². The van der Waals surface area contributed by atoms with E-state index in [-0.39, 0.29) is 5.54 Å². The molecule has 5 rings (SSSR count). The van der Waals surface area contributed by atoms with E-state index in [1.165, 1.54) is 0 Å². The molecule has 5 heterocycles. The predicted molar refractivity (Wildman–Crippen MR) is 136 cm³/mol. The van der Waals surface area contributed by atoms with Gasteiger partial charge in [-0.1, -0.05) is 0 Å². The minimum absolute atomic E-state index is 0.103. The second kappa shape index (κ2) is 10.3. The molecule has 0 saturated carbocycles. The Bertz CT molecular complexity index is 1080. The maximum atomic E-state index is 10.9. The minimum atomic E-state index is -1.09. The van der Waals surface area contributed by atoms with E-state index in [0.29, 0.717) is 23.8 Å². The molecule has 1 spiro atoms. The molecule has 0 aliphatic carbocycles. The van der Waals surface area contributed by atoms with Gasteiger partial charge in [0.15, 0.2) is 6.23 Å². The Kier molecular flexibility index (Phi) is 7.18. The summed E-state index contributed by atoms with van der Waals surface area (Å²) in [7, 11) is 1.60. The van der Waals surface area contributed by atoms with Crippen molar-refractivity contribution in [2.75, 3.05) is 33.2 Å². The average molecular weight is 497 g/mol. The second-order valence-corrected chi connectivity index (χ2v) is 10.0. The summed E-state index contributed by atoms with van der Waals surface area (Å²) < 4.78 is 7.94. The summed E-state index contributed by atoms with van der Waals surface area (Å²) in [6, 6.07) is 5.71. The highest BCUT2D eigenvalue weighted by atomic mass is 16.6. The molecule has 0 radical (unpaired) electrons. The number of aliphatic imine (C=N–C) groups is 2. The van der Waals surface area contributed by atoms with E-state index in [1.807, 2.05) is 12.1 Å². The van der Waals surface area contributed by atoms with Gasteiger partial charge >= 0.3 is 0 Å². The van der Waals surface area contributed by atoms with Crippen LogP contribution in [0.1, 0.15) is 43.2 Å². The molecule has 2 aromatic heterocycles. The molecule has 2 aromatic rings. The first kappa shape index (κ1) is 25.0. The molecule has 3 fully saturated rings. The number of amidine groups is 1. The lowest BCUT2D eigenvalue weighted by molar-refractivity contribution is -0.0585. The Hall–Kier alpha value is -2.70. The smallest absolute Gasteiger partial charge is 0.164 e. The van der Waals surface area contributed by atoms with Gasteiger partial charge in [-0.25, -0.2) is 4.99 Å². The minimum Gasteiger partial charge on any atom is -0.387 e. The topological polar surface area (TPSA) is 138 Å². The van der Waals surface area contributed by atoms with Crippen LogP contribution in [-0.4, -0.2) is 104 Å². The zero-order valence-corrected chi connectivity index (χ0v) is 20.8. The first-order valence-corrected chi connectivity index (χ1v) is 12.6. The van der Waals surface area contributed by atoms with Crippen molar-refractivity contribution < 1.29 is 14.9 Å². The van der Waals surface area contributed by atoms with E-state index in [1.54, 1.807) is 30.1 Å². The summed E-state index contributed by atoms with van der Waals surface area (Å²) in [5.74, 6) is 0.786. The monoisotopic (exact) mass is 496 g/mol. The maximum Gasteiger partial charge on any atom is 0.164 e. The zero-order valence-electron chi connectivity index (χ0n) is 20.8. The summed E-state index contributed by atoms with van der Waals surface area (Å²) in [6.45, 7) is 7.99. The Morgan fingerprint density at radius 3 is 2.72 bits per heavy atom. The number of piperidine rings is 1. The van der Waals surface area contributed by atoms with Crippen LogP contribution < -0.4 is 5.73 Å². The highest BCUT2D eigenvalue weighted by Crippen LogP contribution is 2.41. The third-order valence-corrected chi connectivity index (χ3v) is 8.11. The highest BCUT2D eigenvalue weighted by molar-refractivity contribution is 6.01. The van der Waals surface area contributed by atoms with Crippen LogP contribution in [0.25, 0.3) is 0 Å². The quantitative estimate of drug-likeness (QED) is 0.376. The van der Waals surface area contributed by atoms with Crippen molar-refractivity contribution in [3.63, 3.8) is 0 Å². The standard InChI is InChI=1S/C25H36N8O3/c1-27-22(26)18-6-12-33(23(18)28-2)24-21(35)20(34)19(36-24)16-32-11-4-7-25(32)8-13-31(14-9-25)15-17-5-3-10-29-30-17/h3,5-6,10,12,19-21,24,34-35H,2,4,7-9,11,13-16H2,1H3,(H2,26,27)/t19-,20-,21-,24-/m1/s1. The molecule has 11 nitrogen and oxygen atoms in total. The SMILES string of the molecule is C=Nc1c(/C(N)=N\C)ccn1[C@@H]1O[C@H](CN2CCCC23CCN(Cc2cccnn2)CC3)[C@@H](O)[C@H]1O. The van der Waals surface area contributed by atoms with Gasteiger partial charge < -0.3 is 25.3 Å². The average Bonchev–Trinajstić information content (AvgIpc) is 3.58. The van der Waals surface area contributed by atoms with E-state index in [2.05, 4.69) is 36.7 Å². The first-order chi connectivity index (χ1) is 17.5. The van der Waals surface area contributed by atoms with E-state index in [0.717, 1.165) is 57.6 Å². The summed E-state index contributed by atoms with van der Waals surface area (Å²) in [4.78, 5) is 13.0. The zero-order chi connectivity index (χ0) is 25.3. The van der Waals surface area contributed by atoms with Gasteiger partial charge in [0.1, 0.15) is 30.0 Å². The lowest BCUT2D eigenvalue weighted by atomic mass is 9.84. The van der Waals surface area contributed by atoms with Crippen LogP contribution >= 0.6 is 0 Å². The van der Waals surface area contributed by atoms with Crippen LogP contribution in [0.4, 0.5) is 5.82 Å². The van der Waals surface area contributed by atoms with Crippen molar-refractivity contribution in [1.82, 2.24) is 24.6 Å². The molecule has 3 aliphatic heterocycles. The number of aliphatic hydroxyl groups is 2. The summed E-state index contributed by atoms with van der Waals surface area (Å²) in [6.07, 6.45) is 4.42. The molecule has 3 saturated heterocycles. The van der Waals surface area contributed by atoms with Crippen LogP contribution in [0, 0.1) is 0 Å². The number of ether oxygens (including phenoxy) is 1. The van der Waals surface area contributed by atoms with Gasteiger partial charge in [-0.2, -0.15) is 10.2 Å². The van der Waals surface area contributed by atoms with Crippen LogP contribution in [-0.2, 0) is 11.3 Å². The third kappa shape index (κ3) is 4.57. The molecule has 194 valence electrons. The van der Waals surface area contributed by atoms with E-state index < -0.39 is 24.5 Å². The van der Waals surface area contributed by atoms with E-state index in [9.17, 15) is 10.2 Å². The number of aromatic nitrogens is 3. The third-order valence-electron chi connectivity index (χ3n) is 8.11. The Morgan fingerprint density at radius 2 is 2.03 bits per heavy atom. The van der Waals surface area contributed by atoms with Crippen LogP contribution in [0.3, 0.4) is 0 Å². The van der Waals surface area contributed by atoms with Crippen molar-refractivity contribution in [1.29, 1.82) is 0 Å². The number of nitrogens with zero attached hydrogens (tertiary/aromatic N) is 7. The number of rotatable bonds is 7. The van der Waals surface area contributed by atoms with E-state index >= 15 is 0 Å². The number of likely N-dealkylation sites (tertiary alicyclic amines) is 2. The molecule has 0 unspecified atom stereocenters. The number of hydrogen-bond acceptors (Lipinski definition) is 9. The molecule has 3 aliphatic rings. The van der Waals surface area contributed by atoms with Crippen LogP contribution in [0.2, 0.25) is 0 Å². The molecule has 0 amide bonds. The largest absolute Gasteiger partial charge is 0.387 e. The summed E-state index contributed by atoms with van der Waals surface area (Å²) in [5, 5.41) is 30.1. The Morgan fingerprint density at radius 1 is 1.22 bits per heavy atom. The molecule has 4 atom stereocenters. The van der Waals surface area contributed by atoms with Crippen molar-refractivity contribution >= 4 is 18.4 Å². The lowest BCUT2D eigenvalue weighted by Crippen LogP contribution is -2.54. The molecule has 0 aromatic carbocycles. The van der Waals surface area contributed by atoms with Gasteiger partial charge in [0.2, 0.25) is 0 Å². The van der Waals surface area contributed by atoms with Crippen LogP contribution in [0.5, 0.6) is 0 Å². The number of hydrogen-bond donors (Lipinski definition) is 3. The number of aliphatic hydroxyl groups excluding tert-OH is 2. The summed E-state index contributed by atoms with van der Waals surface area (Å²) >= 11 is 0. The molecule has 4 N–H and O–H groups in total. The molecular formula is C25H36N8O3. The Balaban J connectivity index is 1.25. The first-order valence-electron chi connectivity index (χ1n) is 12.6. The van der Waals surface area contributed by atoms with E-state index in [4.69, 9.17) is 10.5 Å². The lowest BCUT2D eigenvalue weighted by Gasteiger charge is -2.46. The number of nitrogens with two attached hydrogens (primary N) is 1. The maximum absolute atomic E-state index is 10.9. The molecular weight excluding hydrogens is 460 g/mol. The second-order valence-electron chi connectivity index (χ2n) is 10.0. The van der Waals surface area contributed by atoms with Gasteiger partial charge in [-0.15, -0.1) is 0 Å². The van der Waals surface area contributed by atoms with Crippen molar-refractivity contribution in [3.05, 3.63) is 41.9 Å². The molecule has 11 heteroatoms. The fourth-order valence-electron chi connectivity index (χ4n) is 6.08. The van der Waals surface area contributed by atoms with Crippen molar-refractivity contribution in [3.8, 4) is 0 Å². The van der Waals surface area contributed by atoms with Gasteiger partial charge in [0, 0.05) is 51.2 Å². The van der Waals surface area contributed by atoms with Gasteiger partial charge in [-0.3, -0.25) is 14.8 Å². The van der Waals surface area contributed by atoms with Crippen molar-refractivity contribution in [2.45, 2.75) is 62.3 Å². The molecule has 0 bridgehead atoms. The summed E-state index contributed by atoms with van der Waals surface area (Å²) in [5.41, 5.74) is 7.71. The van der Waals surface area contributed by atoms with Crippen molar-refractivity contribution in [2.24, 2.45) is 15.7 Å². The van der Waals surface area contributed by atoms with Gasteiger partial charge in [0.25, 0.3) is 0 Å². The fraction of sp³-hybridized carbons (Fsp3) is 0.600. The predicted octanol–water partition coefficient (Wildman–Crippen LogP) is 0.695. The Labute approximate surface area is 211 Å². The highest BCUT2D eigenvalue weighted by Gasteiger charge is 2.49. The molecule has 36 heavy (non-hydrogen) atoms. The normalized spacial score (nSPS) is 29.2. The van der Waals surface area contributed by atoms with Crippen LogP contribution in [0.15, 0.2) is 40.6 Å². The van der Waals surface area contributed by atoms with Gasteiger partial charge in [-0.05, 0) is 57.1 Å². The fourth-order valence-corrected chi connectivity index (χ4v) is 6.08.